The number of methoxy groups -OCH3 is 1. The molecule has 1 heterocycles. The summed E-state index contributed by atoms with van der Waals surface area (Å²) in [5.41, 5.74) is 8.49. The topological polar surface area (TPSA) is 76.8 Å². The van der Waals surface area contributed by atoms with Gasteiger partial charge in [0.2, 0.25) is 0 Å². The molecule has 2 N–H and O–H groups in total. The first-order valence-corrected chi connectivity index (χ1v) is 9.42. The number of benzene rings is 2. The maximum atomic E-state index is 10.5. The molecule has 0 unspecified atom stereocenters. The van der Waals surface area contributed by atoms with E-state index in [-0.39, 0.29) is 47.4 Å². The fourth-order valence-electron chi connectivity index (χ4n) is 3.23. The van der Waals surface area contributed by atoms with E-state index in [1.165, 1.54) is 18.7 Å². The molecule has 155 valence electrons. The summed E-state index contributed by atoms with van der Waals surface area (Å²) in [7, 11) is 5.75. The van der Waals surface area contributed by atoms with E-state index < -0.39 is 5.91 Å². The molecule has 1 radical (unpaired) electrons. The van der Waals surface area contributed by atoms with E-state index in [1.807, 2.05) is 0 Å². The Hall–Kier alpha value is -1.05. The van der Waals surface area contributed by atoms with Crippen molar-refractivity contribution >= 4 is 5.91 Å². The second-order valence-electron chi connectivity index (χ2n) is 7.15. The number of rotatable bonds is 6. The van der Waals surface area contributed by atoms with E-state index in [0.29, 0.717) is 17.4 Å². The number of amides is 1. The largest absolute Gasteiger partial charge is 0.664 e. The monoisotopic (exact) mass is 525 g/mol. The molecular formula is C22H30N3O3Pr-. The number of carbonyl (C=O) groups excluding carboxylic acids is 1. The molecule has 3 rings (SSSR count). The summed E-state index contributed by atoms with van der Waals surface area (Å²) in [5, 5.41) is 9.57. The number of carbonyl (C=O) groups is 1. The maximum absolute atomic E-state index is 10.5. The molecule has 1 aliphatic rings. The van der Waals surface area contributed by atoms with E-state index >= 15 is 0 Å². The molecule has 29 heavy (non-hydrogen) atoms. The molecule has 6 nitrogen and oxygen atoms in total. The number of nitrogens with zero attached hydrogens (tertiary/aromatic N) is 2. The maximum Gasteiger partial charge on any atom is 0.119 e. The zero-order chi connectivity index (χ0) is 20.5. The predicted molar refractivity (Wildman–Crippen MR) is 112 cm³/mol. The zero-order valence-electron chi connectivity index (χ0n) is 17.4. The Kier molecular flexibility index (Phi) is 11.9. The predicted octanol–water partition coefficient (Wildman–Crippen LogP) is 3.24. The van der Waals surface area contributed by atoms with E-state index in [2.05, 4.69) is 54.2 Å². The third kappa shape index (κ3) is 8.69. The van der Waals surface area contributed by atoms with Crippen LogP contribution in [0.1, 0.15) is 28.4 Å². The fourth-order valence-corrected chi connectivity index (χ4v) is 3.23. The molecule has 1 saturated heterocycles. The van der Waals surface area contributed by atoms with Gasteiger partial charge in [-0.15, -0.1) is 0 Å². The van der Waals surface area contributed by atoms with E-state index in [0.717, 1.165) is 26.1 Å². The van der Waals surface area contributed by atoms with Gasteiger partial charge in [0.15, 0.2) is 0 Å². The molecule has 0 spiro atoms. The van der Waals surface area contributed by atoms with Gasteiger partial charge in [-0.05, 0) is 38.2 Å². The normalized spacial score (nSPS) is 17.1. The average Bonchev–Trinajstić information content (AvgIpc) is 3.12. The molecule has 1 fully saturated rings. The molecule has 2 atom stereocenters. The van der Waals surface area contributed by atoms with Crippen LogP contribution < -0.4 is 4.74 Å². The number of β-amino-alcohol motifs (C(OH)–C–C–N with tert-alkyl or cyclic N) is 1. The van der Waals surface area contributed by atoms with Crippen molar-refractivity contribution in [2.45, 2.75) is 18.6 Å². The number of hydrogen-bond acceptors (Lipinski definition) is 5. The molecule has 0 bridgehead atoms. The minimum absolute atomic E-state index is 0. The summed E-state index contributed by atoms with van der Waals surface area (Å²) >= 11 is 0. The minimum atomic E-state index is -0.691. The van der Waals surface area contributed by atoms with Gasteiger partial charge in [-0.25, -0.2) is 0 Å². The summed E-state index contributed by atoms with van der Waals surface area (Å²) in [6.45, 7) is 2.82. The summed E-state index contributed by atoms with van der Waals surface area (Å²) in [6.07, 6.45) is 0.781. The Morgan fingerprint density at radius 3 is 2.45 bits per heavy atom. The number of hydrogen-bond donors (Lipinski definition) is 1. The molecule has 0 aliphatic carbocycles. The molecule has 7 heteroatoms. The van der Waals surface area contributed by atoms with Gasteiger partial charge in [0.05, 0.1) is 19.1 Å². The third-order valence-corrected chi connectivity index (χ3v) is 4.82. The van der Waals surface area contributed by atoms with Gasteiger partial charge in [-0.2, -0.15) is 0 Å². The smallest absolute Gasteiger partial charge is 0.119 e. The average molecular weight is 525 g/mol. The van der Waals surface area contributed by atoms with Crippen LogP contribution in [0.4, 0.5) is 0 Å². The molecule has 2 aromatic rings. The number of aliphatic hydroxyl groups is 1. The zero-order valence-corrected chi connectivity index (χ0v) is 21.1. The second-order valence-corrected chi connectivity index (χ2v) is 7.15. The first-order chi connectivity index (χ1) is 13.4. The van der Waals surface area contributed by atoms with Crippen molar-refractivity contribution in [3.63, 3.8) is 0 Å². The van der Waals surface area contributed by atoms with Crippen LogP contribution in [-0.4, -0.2) is 67.8 Å². The van der Waals surface area contributed by atoms with Crippen LogP contribution in [0, 0.1) is 41.3 Å². The van der Waals surface area contributed by atoms with Crippen LogP contribution in [0.3, 0.4) is 0 Å². The molecule has 0 saturated carbocycles. The van der Waals surface area contributed by atoms with Gasteiger partial charge in [0.1, 0.15) is 5.75 Å². The van der Waals surface area contributed by atoms with Crippen molar-refractivity contribution in [2.24, 2.45) is 0 Å². The van der Waals surface area contributed by atoms with Crippen molar-refractivity contribution in [3.8, 4) is 5.75 Å². The number of ether oxygens (including phenoxy) is 1. The van der Waals surface area contributed by atoms with Gasteiger partial charge in [0.25, 0.3) is 0 Å². The Labute approximate surface area is 207 Å². The quantitative estimate of drug-likeness (QED) is 0.627. The molecule has 0 aromatic heterocycles. The number of nitrogens with one attached hydrogen (secondary N) is 1. The number of likely N-dealkylation sites (N-methyl/N-ethyl adjacent to an activating group) is 1. The van der Waals surface area contributed by atoms with Crippen molar-refractivity contribution in [2.75, 3.05) is 40.8 Å². The van der Waals surface area contributed by atoms with Crippen molar-refractivity contribution < 1.29 is 55.9 Å². The van der Waals surface area contributed by atoms with Crippen molar-refractivity contribution in [1.29, 1.82) is 0 Å². The Morgan fingerprint density at radius 1 is 1.24 bits per heavy atom. The Balaban J connectivity index is 0.000000306. The minimum Gasteiger partial charge on any atom is -0.664 e. The molecular weight excluding hydrogens is 495 g/mol. The van der Waals surface area contributed by atoms with Crippen LogP contribution in [0.25, 0.3) is 5.73 Å². The first kappa shape index (κ1) is 26.0. The van der Waals surface area contributed by atoms with Crippen LogP contribution in [0.5, 0.6) is 5.75 Å². The molecule has 2 aromatic carbocycles. The SMILES string of the molecule is CN(C)[C@H](CN1CC[C@H](O)C1)c1ccccc1.COc1cccc(C([NH-])=O)c1.[Pr]. The Morgan fingerprint density at radius 2 is 1.93 bits per heavy atom. The Bertz CT molecular complexity index is 743. The van der Waals surface area contributed by atoms with Crippen molar-refractivity contribution in [3.05, 3.63) is 71.5 Å². The summed E-state index contributed by atoms with van der Waals surface area (Å²) in [4.78, 5) is 15.1. The molecule has 1 amide bonds. The van der Waals surface area contributed by atoms with Crippen LogP contribution in [0.15, 0.2) is 54.6 Å². The van der Waals surface area contributed by atoms with Gasteiger partial charge in [-0.3, -0.25) is 4.90 Å². The van der Waals surface area contributed by atoms with Gasteiger partial charge in [0, 0.05) is 72.5 Å². The number of aliphatic hydroxyl groups excluding tert-OH is 1. The number of likely N-dealkylation sites (tertiary alicyclic amines) is 1. The fraction of sp³-hybridized carbons (Fsp3) is 0.409. The van der Waals surface area contributed by atoms with Crippen LogP contribution >= 0.6 is 0 Å². The summed E-state index contributed by atoms with van der Waals surface area (Å²) < 4.78 is 4.87. The van der Waals surface area contributed by atoms with Crippen LogP contribution in [-0.2, 0) is 0 Å². The standard InChI is InChI=1S/C14H22N2O.C8H9NO2.Pr/c1-15(2)14(12-6-4-3-5-7-12)11-16-9-8-13(17)10-16;1-11-7-4-2-3-6(5-7)8(9)10;/h3-7,13-14,17H,8-11H2,1-2H3;2-5H,1H3,(H2,9,10);/p-1/t13-,14+;;/m0../s1. The first-order valence-electron chi connectivity index (χ1n) is 9.42. The van der Waals surface area contributed by atoms with Gasteiger partial charge < -0.3 is 25.3 Å². The van der Waals surface area contributed by atoms with Crippen LogP contribution in [0.2, 0.25) is 0 Å². The van der Waals surface area contributed by atoms with E-state index in [4.69, 9.17) is 10.5 Å². The van der Waals surface area contributed by atoms with Gasteiger partial charge >= 0.3 is 0 Å². The third-order valence-electron chi connectivity index (χ3n) is 4.82. The van der Waals surface area contributed by atoms with E-state index in [9.17, 15) is 9.90 Å². The van der Waals surface area contributed by atoms with E-state index in [1.54, 1.807) is 18.2 Å². The summed E-state index contributed by atoms with van der Waals surface area (Å²) in [6, 6.07) is 17.5. The summed E-state index contributed by atoms with van der Waals surface area (Å²) in [5.74, 6) is -0.0907. The van der Waals surface area contributed by atoms with Gasteiger partial charge in [-0.1, -0.05) is 42.5 Å². The van der Waals surface area contributed by atoms with Crippen molar-refractivity contribution in [1.82, 2.24) is 9.80 Å². The second kappa shape index (κ2) is 13.3. The molecule has 1 aliphatic heterocycles.